The summed E-state index contributed by atoms with van der Waals surface area (Å²) in [5.74, 6) is 0. The third-order valence-corrected chi connectivity index (χ3v) is 5.16. The summed E-state index contributed by atoms with van der Waals surface area (Å²) >= 11 is 0. The minimum atomic E-state index is 0.589. The SMILES string of the molecule is CCCCCCCCCCCC(C)(C)CCCCCCCC. The van der Waals surface area contributed by atoms with E-state index in [4.69, 9.17) is 0 Å². The van der Waals surface area contributed by atoms with Crippen LogP contribution in [-0.2, 0) is 0 Å². The van der Waals surface area contributed by atoms with Crippen molar-refractivity contribution in [3.05, 3.63) is 0 Å². The molecule has 0 saturated carbocycles. The predicted molar refractivity (Wildman–Crippen MR) is 104 cm³/mol. The van der Waals surface area contributed by atoms with Crippen LogP contribution in [0.4, 0.5) is 0 Å². The standard InChI is InChI=1S/C22H46/c1-5-7-9-11-13-14-15-17-19-21-22(3,4)20-18-16-12-10-8-6-2/h5-21H2,1-4H3. The molecule has 22 heavy (non-hydrogen) atoms. The third-order valence-electron chi connectivity index (χ3n) is 5.16. The molecule has 0 aliphatic carbocycles. The number of hydrogen-bond donors (Lipinski definition) is 0. The summed E-state index contributed by atoms with van der Waals surface area (Å²) in [5.41, 5.74) is 0.589. The fraction of sp³-hybridized carbons (Fsp3) is 1.00. The first-order valence-electron chi connectivity index (χ1n) is 10.6. The van der Waals surface area contributed by atoms with Crippen LogP contribution in [0.15, 0.2) is 0 Å². The minimum Gasteiger partial charge on any atom is -0.0654 e. The molecule has 134 valence electrons. The van der Waals surface area contributed by atoms with Gasteiger partial charge < -0.3 is 0 Å². The first-order chi connectivity index (χ1) is 10.6. The summed E-state index contributed by atoms with van der Waals surface area (Å²) in [6.07, 6.45) is 24.6. The van der Waals surface area contributed by atoms with Crippen LogP contribution in [0, 0.1) is 5.41 Å². The summed E-state index contributed by atoms with van der Waals surface area (Å²) in [5, 5.41) is 0. The Kier molecular flexibility index (Phi) is 15.9. The van der Waals surface area contributed by atoms with Crippen LogP contribution in [0.1, 0.15) is 137 Å². The Bertz CT molecular complexity index is 204. The van der Waals surface area contributed by atoms with E-state index in [1.807, 2.05) is 0 Å². The normalized spacial score (nSPS) is 12.0. The molecule has 0 nitrogen and oxygen atoms in total. The minimum absolute atomic E-state index is 0.589. The lowest BCUT2D eigenvalue weighted by Crippen LogP contribution is -2.11. The van der Waals surface area contributed by atoms with Crippen molar-refractivity contribution in [2.75, 3.05) is 0 Å². The highest BCUT2D eigenvalue weighted by molar-refractivity contribution is 4.68. The van der Waals surface area contributed by atoms with Gasteiger partial charge in [-0.1, -0.05) is 124 Å². The molecule has 0 radical (unpaired) electrons. The van der Waals surface area contributed by atoms with Crippen LogP contribution >= 0.6 is 0 Å². The van der Waals surface area contributed by atoms with Gasteiger partial charge in [0.2, 0.25) is 0 Å². The van der Waals surface area contributed by atoms with E-state index in [2.05, 4.69) is 27.7 Å². The van der Waals surface area contributed by atoms with Gasteiger partial charge in [0.1, 0.15) is 0 Å². The summed E-state index contributed by atoms with van der Waals surface area (Å²) < 4.78 is 0. The second kappa shape index (κ2) is 15.9. The van der Waals surface area contributed by atoms with E-state index in [0.717, 1.165) is 0 Å². The summed E-state index contributed by atoms with van der Waals surface area (Å²) in [6.45, 7) is 9.58. The van der Waals surface area contributed by atoms with E-state index in [-0.39, 0.29) is 0 Å². The molecule has 0 unspecified atom stereocenters. The zero-order chi connectivity index (χ0) is 16.5. The molecular formula is C22H46. The molecule has 0 saturated heterocycles. The Morgan fingerprint density at radius 1 is 0.409 bits per heavy atom. The van der Waals surface area contributed by atoms with Crippen molar-refractivity contribution in [2.45, 2.75) is 137 Å². The summed E-state index contributed by atoms with van der Waals surface area (Å²) in [4.78, 5) is 0. The van der Waals surface area contributed by atoms with Gasteiger partial charge in [0.25, 0.3) is 0 Å². The van der Waals surface area contributed by atoms with Crippen LogP contribution in [0.3, 0.4) is 0 Å². The predicted octanol–water partition coefficient (Wildman–Crippen LogP) is 8.68. The van der Waals surface area contributed by atoms with Gasteiger partial charge in [-0.3, -0.25) is 0 Å². The molecule has 0 heteroatoms. The van der Waals surface area contributed by atoms with E-state index < -0.39 is 0 Å². The highest BCUT2D eigenvalue weighted by Crippen LogP contribution is 2.30. The fourth-order valence-corrected chi connectivity index (χ4v) is 3.42. The van der Waals surface area contributed by atoms with Gasteiger partial charge >= 0.3 is 0 Å². The highest BCUT2D eigenvalue weighted by atomic mass is 14.2. The van der Waals surface area contributed by atoms with E-state index in [1.54, 1.807) is 0 Å². The average molecular weight is 311 g/mol. The molecule has 0 heterocycles. The molecular weight excluding hydrogens is 264 g/mol. The molecule has 0 spiro atoms. The van der Waals surface area contributed by atoms with Gasteiger partial charge in [-0.2, -0.15) is 0 Å². The summed E-state index contributed by atoms with van der Waals surface area (Å²) in [7, 11) is 0. The maximum atomic E-state index is 2.49. The Labute approximate surface area is 142 Å². The Balaban J connectivity index is 3.32. The highest BCUT2D eigenvalue weighted by Gasteiger charge is 2.16. The second-order valence-corrected chi connectivity index (χ2v) is 8.26. The monoisotopic (exact) mass is 310 g/mol. The van der Waals surface area contributed by atoms with Gasteiger partial charge in [-0.05, 0) is 18.3 Å². The van der Waals surface area contributed by atoms with Crippen LogP contribution < -0.4 is 0 Å². The lowest BCUT2D eigenvalue weighted by molar-refractivity contribution is 0.282. The largest absolute Gasteiger partial charge is 0.0654 e. The van der Waals surface area contributed by atoms with Crippen molar-refractivity contribution < 1.29 is 0 Å². The topological polar surface area (TPSA) is 0 Å². The molecule has 0 atom stereocenters. The zero-order valence-corrected chi connectivity index (χ0v) is 16.5. The molecule has 0 amide bonds. The fourth-order valence-electron chi connectivity index (χ4n) is 3.42. The average Bonchev–Trinajstić information content (AvgIpc) is 2.49. The van der Waals surface area contributed by atoms with Crippen molar-refractivity contribution in [1.82, 2.24) is 0 Å². The molecule has 0 aromatic rings. The van der Waals surface area contributed by atoms with Gasteiger partial charge in [-0.15, -0.1) is 0 Å². The Morgan fingerprint density at radius 3 is 1.00 bits per heavy atom. The van der Waals surface area contributed by atoms with Crippen LogP contribution in [0.5, 0.6) is 0 Å². The third kappa shape index (κ3) is 16.4. The number of rotatable bonds is 17. The van der Waals surface area contributed by atoms with E-state index in [9.17, 15) is 0 Å². The molecule has 0 fully saturated rings. The van der Waals surface area contributed by atoms with Crippen molar-refractivity contribution in [2.24, 2.45) is 5.41 Å². The van der Waals surface area contributed by atoms with E-state index >= 15 is 0 Å². The molecule has 0 aromatic carbocycles. The molecule has 0 rings (SSSR count). The number of hydrogen-bond acceptors (Lipinski definition) is 0. The first kappa shape index (κ1) is 22.0. The molecule has 0 aliphatic rings. The van der Waals surface area contributed by atoms with Crippen molar-refractivity contribution in [1.29, 1.82) is 0 Å². The van der Waals surface area contributed by atoms with Crippen molar-refractivity contribution in [3.8, 4) is 0 Å². The van der Waals surface area contributed by atoms with Crippen LogP contribution in [-0.4, -0.2) is 0 Å². The van der Waals surface area contributed by atoms with E-state index in [1.165, 1.54) is 109 Å². The van der Waals surface area contributed by atoms with Gasteiger partial charge in [-0.25, -0.2) is 0 Å². The zero-order valence-electron chi connectivity index (χ0n) is 16.5. The Hall–Kier alpha value is 0. The maximum absolute atomic E-state index is 2.49. The smallest absolute Gasteiger partial charge is 0.0354 e. The van der Waals surface area contributed by atoms with Crippen molar-refractivity contribution in [3.63, 3.8) is 0 Å². The summed E-state index contributed by atoms with van der Waals surface area (Å²) in [6, 6.07) is 0. The lowest BCUT2D eigenvalue weighted by Gasteiger charge is -2.24. The molecule has 0 aromatic heterocycles. The van der Waals surface area contributed by atoms with E-state index in [0.29, 0.717) is 5.41 Å². The van der Waals surface area contributed by atoms with Gasteiger partial charge in [0.05, 0.1) is 0 Å². The van der Waals surface area contributed by atoms with Gasteiger partial charge in [0, 0.05) is 0 Å². The second-order valence-electron chi connectivity index (χ2n) is 8.26. The maximum Gasteiger partial charge on any atom is -0.0354 e. The molecule has 0 N–H and O–H groups in total. The molecule has 0 aliphatic heterocycles. The van der Waals surface area contributed by atoms with Crippen LogP contribution in [0.25, 0.3) is 0 Å². The van der Waals surface area contributed by atoms with Gasteiger partial charge in [0.15, 0.2) is 0 Å². The number of unbranched alkanes of at least 4 members (excludes halogenated alkanes) is 13. The first-order valence-corrected chi connectivity index (χ1v) is 10.6. The molecule has 0 bridgehead atoms. The van der Waals surface area contributed by atoms with Crippen LogP contribution in [0.2, 0.25) is 0 Å². The van der Waals surface area contributed by atoms with Crippen molar-refractivity contribution >= 4 is 0 Å². The Morgan fingerprint density at radius 2 is 0.682 bits per heavy atom. The lowest BCUT2D eigenvalue weighted by atomic mass is 9.82. The quantitative estimate of drug-likeness (QED) is 0.236.